The number of aliphatic hydroxyl groups is 1. The molecule has 1 fully saturated rings. The number of aliphatic hydroxyl groups excluding tert-OH is 1. The van der Waals surface area contributed by atoms with Crippen molar-refractivity contribution in [3.8, 4) is 5.75 Å². The summed E-state index contributed by atoms with van der Waals surface area (Å²) < 4.78 is 0. The number of aromatic hydroxyl groups is 1. The maximum atomic E-state index is 12.2. The smallest absolute Gasteiger partial charge is 0.225 e. The predicted molar refractivity (Wildman–Crippen MR) is 77.4 cm³/mol. The number of phenolic OH excluding ortho intramolecular Hbond substituents is 1. The van der Waals surface area contributed by atoms with Crippen molar-refractivity contribution in [1.82, 2.24) is 5.32 Å². The Morgan fingerprint density at radius 3 is 2.85 bits per heavy atom. The van der Waals surface area contributed by atoms with Gasteiger partial charge in [0.05, 0.1) is 18.6 Å². The van der Waals surface area contributed by atoms with Crippen LogP contribution in [0.1, 0.15) is 38.2 Å². The molecule has 2 atom stereocenters. The van der Waals surface area contributed by atoms with E-state index in [1.54, 1.807) is 24.3 Å². The van der Waals surface area contributed by atoms with E-state index in [0.29, 0.717) is 11.5 Å². The van der Waals surface area contributed by atoms with Crippen molar-refractivity contribution in [2.45, 2.75) is 44.6 Å². The van der Waals surface area contributed by atoms with Gasteiger partial charge in [0.15, 0.2) is 0 Å². The van der Waals surface area contributed by atoms with Gasteiger partial charge in [-0.3, -0.25) is 4.79 Å². The highest BCUT2D eigenvalue weighted by Crippen LogP contribution is 2.32. The van der Waals surface area contributed by atoms with E-state index in [4.69, 9.17) is 0 Å². The average Bonchev–Trinajstić information content (AvgIpc) is 2.41. The van der Waals surface area contributed by atoms with Crippen molar-refractivity contribution in [3.05, 3.63) is 29.8 Å². The van der Waals surface area contributed by atoms with Crippen LogP contribution < -0.4 is 5.32 Å². The number of carbonyl (C=O) groups excluding carboxylic acids is 1. The number of benzene rings is 1. The van der Waals surface area contributed by atoms with Crippen LogP contribution in [-0.4, -0.2) is 28.3 Å². The first-order valence-corrected chi connectivity index (χ1v) is 7.23. The Bertz CT molecular complexity index is 475. The van der Waals surface area contributed by atoms with E-state index in [1.807, 2.05) is 0 Å². The maximum Gasteiger partial charge on any atom is 0.225 e. The summed E-state index contributed by atoms with van der Waals surface area (Å²) in [5.41, 5.74) is 0.126. The molecule has 1 aliphatic rings. The summed E-state index contributed by atoms with van der Waals surface area (Å²) >= 11 is 0. The number of rotatable bonds is 4. The second-order valence-electron chi connectivity index (χ2n) is 5.99. The van der Waals surface area contributed by atoms with Crippen LogP contribution in [0.4, 0.5) is 0 Å². The molecular weight excluding hydrogens is 254 g/mol. The van der Waals surface area contributed by atoms with E-state index in [2.05, 4.69) is 12.2 Å². The molecule has 20 heavy (non-hydrogen) atoms. The van der Waals surface area contributed by atoms with E-state index in [-0.39, 0.29) is 24.7 Å². The Hall–Kier alpha value is -1.55. The summed E-state index contributed by atoms with van der Waals surface area (Å²) in [4.78, 5) is 12.2. The normalized spacial score (nSPS) is 26.2. The zero-order valence-electron chi connectivity index (χ0n) is 11.9. The molecule has 1 aromatic rings. The largest absolute Gasteiger partial charge is 0.508 e. The lowest BCUT2D eigenvalue weighted by molar-refractivity contribution is -0.123. The summed E-state index contributed by atoms with van der Waals surface area (Å²) in [6, 6.07) is 6.85. The van der Waals surface area contributed by atoms with Gasteiger partial charge in [0.2, 0.25) is 5.91 Å². The van der Waals surface area contributed by atoms with Crippen LogP contribution >= 0.6 is 0 Å². The minimum atomic E-state index is -0.487. The zero-order chi connectivity index (χ0) is 14.6. The average molecular weight is 277 g/mol. The fourth-order valence-electron chi connectivity index (χ4n) is 3.13. The van der Waals surface area contributed by atoms with Crippen molar-refractivity contribution in [2.75, 3.05) is 6.61 Å². The number of carbonyl (C=O) groups is 1. The van der Waals surface area contributed by atoms with Crippen LogP contribution in [0.25, 0.3) is 0 Å². The number of hydrogen-bond acceptors (Lipinski definition) is 3. The van der Waals surface area contributed by atoms with E-state index < -0.39 is 5.54 Å². The molecule has 2 unspecified atom stereocenters. The highest BCUT2D eigenvalue weighted by atomic mass is 16.3. The molecule has 0 aliphatic heterocycles. The van der Waals surface area contributed by atoms with Crippen LogP contribution in [0.2, 0.25) is 0 Å². The summed E-state index contributed by atoms with van der Waals surface area (Å²) in [5, 5.41) is 22.4. The summed E-state index contributed by atoms with van der Waals surface area (Å²) in [6.07, 6.45) is 3.95. The lowest BCUT2D eigenvalue weighted by Gasteiger charge is -2.39. The maximum absolute atomic E-state index is 12.2. The van der Waals surface area contributed by atoms with E-state index in [9.17, 15) is 15.0 Å². The van der Waals surface area contributed by atoms with E-state index in [0.717, 1.165) is 25.7 Å². The molecule has 2 rings (SSSR count). The molecule has 4 nitrogen and oxygen atoms in total. The van der Waals surface area contributed by atoms with Gasteiger partial charge < -0.3 is 15.5 Å². The predicted octanol–water partition coefficient (Wildman–Crippen LogP) is 1.99. The minimum Gasteiger partial charge on any atom is -0.508 e. The fraction of sp³-hybridized carbons (Fsp3) is 0.562. The van der Waals surface area contributed by atoms with Gasteiger partial charge in [0.1, 0.15) is 5.75 Å². The Balaban J connectivity index is 2.01. The van der Waals surface area contributed by atoms with Crippen molar-refractivity contribution < 1.29 is 15.0 Å². The Labute approximate surface area is 119 Å². The standard InChI is InChI=1S/C16H23NO3/c1-12-5-4-8-16(10-12,11-18)17-15(20)9-13-6-2-3-7-14(13)19/h2-3,6-7,12,18-19H,4-5,8-11H2,1H3,(H,17,20). The number of amides is 1. The van der Waals surface area contributed by atoms with Gasteiger partial charge in [-0.05, 0) is 24.8 Å². The quantitative estimate of drug-likeness (QED) is 0.788. The second-order valence-corrected chi connectivity index (χ2v) is 5.99. The second kappa shape index (κ2) is 6.27. The molecule has 0 spiro atoms. The highest BCUT2D eigenvalue weighted by molar-refractivity contribution is 5.80. The first-order valence-electron chi connectivity index (χ1n) is 7.23. The monoisotopic (exact) mass is 277 g/mol. The Morgan fingerprint density at radius 1 is 1.45 bits per heavy atom. The van der Waals surface area contributed by atoms with Gasteiger partial charge >= 0.3 is 0 Å². The first kappa shape index (κ1) is 14.9. The van der Waals surface area contributed by atoms with Crippen LogP contribution in [0.15, 0.2) is 24.3 Å². The molecule has 1 saturated carbocycles. The molecule has 0 radical (unpaired) electrons. The third-order valence-corrected chi connectivity index (χ3v) is 4.14. The minimum absolute atomic E-state index is 0.0240. The molecule has 110 valence electrons. The van der Waals surface area contributed by atoms with Gasteiger partial charge in [-0.15, -0.1) is 0 Å². The number of phenols is 1. The number of para-hydroxylation sites is 1. The topological polar surface area (TPSA) is 69.6 Å². The van der Waals surface area contributed by atoms with Gasteiger partial charge in [0, 0.05) is 5.56 Å². The molecule has 0 heterocycles. The molecule has 3 N–H and O–H groups in total. The van der Waals surface area contributed by atoms with Crippen LogP contribution in [0, 0.1) is 5.92 Å². The first-order chi connectivity index (χ1) is 9.54. The summed E-state index contributed by atoms with van der Waals surface area (Å²) in [7, 11) is 0. The van der Waals surface area contributed by atoms with Crippen LogP contribution in [0.3, 0.4) is 0 Å². The number of hydrogen-bond donors (Lipinski definition) is 3. The SMILES string of the molecule is CC1CCCC(CO)(NC(=O)Cc2ccccc2O)C1. The van der Waals surface area contributed by atoms with E-state index in [1.165, 1.54) is 0 Å². The van der Waals surface area contributed by atoms with Crippen LogP contribution in [-0.2, 0) is 11.2 Å². The van der Waals surface area contributed by atoms with Gasteiger partial charge in [0.25, 0.3) is 0 Å². The van der Waals surface area contributed by atoms with Crippen molar-refractivity contribution in [2.24, 2.45) is 5.92 Å². The molecule has 1 amide bonds. The molecule has 0 saturated heterocycles. The van der Waals surface area contributed by atoms with Crippen molar-refractivity contribution >= 4 is 5.91 Å². The third-order valence-electron chi connectivity index (χ3n) is 4.14. The van der Waals surface area contributed by atoms with E-state index >= 15 is 0 Å². The molecular formula is C16H23NO3. The van der Waals surface area contributed by atoms with Gasteiger partial charge in [-0.25, -0.2) is 0 Å². The van der Waals surface area contributed by atoms with Crippen molar-refractivity contribution in [3.63, 3.8) is 0 Å². The zero-order valence-corrected chi connectivity index (χ0v) is 11.9. The summed E-state index contributed by atoms with van der Waals surface area (Å²) in [5.74, 6) is 0.508. The van der Waals surface area contributed by atoms with Crippen molar-refractivity contribution in [1.29, 1.82) is 0 Å². The fourth-order valence-corrected chi connectivity index (χ4v) is 3.13. The highest BCUT2D eigenvalue weighted by Gasteiger charge is 2.35. The molecule has 0 bridgehead atoms. The molecule has 4 heteroatoms. The Morgan fingerprint density at radius 2 is 2.20 bits per heavy atom. The van der Waals surface area contributed by atoms with Gasteiger partial charge in [-0.2, -0.15) is 0 Å². The molecule has 1 aromatic carbocycles. The number of nitrogens with one attached hydrogen (secondary N) is 1. The van der Waals surface area contributed by atoms with Gasteiger partial charge in [-0.1, -0.05) is 38.0 Å². The molecule has 0 aromatic heterocycles. The third kappa shape index (κ3) is 3.51. The van der Waals surface area contributed by atoms with Crippen LogP contribution in [0.5, 0.6) is 5.75 Å². The molecule has 1 aliphatic carbocycles. The summed E-state index contributed by atoms with van der Waals surface area (Å²) in [6.45, 7) is 2.13. The lowest BCUT2D eigenvalue weighted by Crippen LogP contribution is -2.54. The lowest BCUT2D eigenvalue weighted by atomic mass is 9.76. The Kier molecular flexibility index (Phi) is 4.65.